The van der Waals surface area contributed by atoms with E-state index in [9.17, 15) is 10.2 Å². The zero-order chi connectivity index (χ0) is 16.8. The van der Waals surface area contributed by atoms with Crippen molar-refractivity contribution in [1.82, 2.24) is 15.0 Å². The van der Waals surface area contributed by atoms with Crippen molar-refractivity contribution in [2.45, 2.75) is 0 Å². The van der Waals surface area contributed by atoms with Crippen molar-refractivity contribution in [2.75, 3.05) is 0 Å². The molecule has 0 saturated heterocycles. The molecule has 0 spiro atoms. The number of aromatic amines is 3. The van der Waals surface area contributed by atoms with Crippen LogP contribution in [0.15, 0.2) is 73.3 Å². The van der Waals surface area contributed by atoms with Crippen LogP contribution in [0.3, 0.4) is 0 Å². The van der Waals surface area contributed by atoms with Crippen molar-refractivity contribution in [3.8, 4) is 34.3 Å². The van der Waals surface area contributed by atoms with Crippen LogP contribution in [-0.2, 0) is 29.5 Å². The summed E-state index contributed by atoms with van der Waals surface area (Å²) < 4.78 is 0. The van der Waals surface area contributed by atoms with Crippen LogP contribution in [0.5, 0.6) is 11.5 Å². The van der Waals surface area contributed by atoms with Crippen molar-refractivity contribution in [3.05, 3.63) is 73.3 Å². The van der Waals surface area contributed by atoms with E-state index in [1.54, 1.807) is 55.1 Å². The maximum atomic E-state index is 11.3. The van der Waals surface area contributed by atoms with E-state index >= 15 is 0 Å². The normalized spacial score (nSPS) is 8.89. The van der Waals surface area contributed by atoms with Crippen molar-refractivity contribution in [3.63, 3.8) is 0 Å². The second kappa shape index (κ2) is 11.6. The van der Waals surface area contributed by atoms with Gasteiger partial charge in [-0.05, 0) is 6.07 Å². The number of imidazole rings is 2. The number of aromatic nitrogens is 4. The number of nitrogens with zero attached hydrogens (tertiary/aromatic N) is 1. The Hall–Kier alpha value is -3.04. The van der Waals surface area contributed by atoms with E-state index < -0.39 is 0 Å². The topological polar surface area (TPSA) is 162 Å². The molecule has 2 aromatic heterocycles. The van der Waals surface area contributed by atoms with E-state index in [2.05, 4.69) is 19.9 Å². The number of para-hydroxylation sites is 2. The third kappa shape index (κ3) is 6.01. The van der Waals surface area contributed by atoms with Gasteiger partial charge in [0.1, 0.15) is 18.2 Å². The Labute approximate surface area is 167 Å². The van der Waals surface area contributed by atoms with Crippen LogP contribution in [0.4, 0.5) is 0 Å². The molecule has 3 N–H and O–H groups in total. The van der Waals surface area contributed by atoms with E-state index in [0.29, 0.717) is 17.0 Å². The molecule has 0 aliphatic heterocycles. The third-order valence-corrected chi connectivity index (χ3v) is 3.34. The molecular weight excluding hydrogens is 387 g/mol. The zero-order valence-electron chi connectivity index (χ0n) is 14.0. The fraction of sp³-hybridized carbons (Fsp3) is 0. The van der Waals surface area contributed by atoms with Crippen LogP contribution in [0, 0.1) is 0 Å². The molecule has 141 valence electrons. The molecule has 2 aromatic carbocycles. The molecule has 0 unspecified atom stereocenters. The summed E-state index contributed by atoms with van der Waals surface area (Å²) in [7, 11) is 0. The van der Waals surface area contributed by atoms with Gasteiger partial charge in [-0.3, -0.25) is 0 Å². The number of hydrogen-bond donors (Lipinski definition) is 2. The second-order valence-electron chi connectivity index (χ2n) is 4.93. The van der Waals surface area contributed by atoms with Gasteiger partial charge in [0.05, 0.1) is 5.56 Å². The molecular formula is C18H15N4O4V-5. The van der Waals surface area contributed by atoms with E-state index in [4.69, 9.17) is 0 Å². The van der Waals surface area contributed by atoms with Crippen LogP contribution >= 0.6 is 0 Å². The van der Waals surface area contributed by atoms with Gasteiger partial charge in [0.2, 0.25) is 0 Å². The first kappa shape index (κ1) is 24.0. The third-order valence-electron chi connectivity index (χ3n) is 3.34. The smallest absolute Gasteiger partial charge is 0.283 e. The minimum absolute atomic E-state index is 0. The van der Waals surface area contributed by atoms with Gasteiger partial charge >= 0.3 is 0 Å². The summed E-state index contributed by atoms with van der Waals surface area (Å²) in [5, 5.41) is 22.5. The van der Waals surface area contributed by atoms with E-state index in [1.165, 1.54) is 6.07 Å². The Bertz CT molecular complexity index is 824. The van der Waals surface area contributed by atoms with Gasteiger partial charge in [0.25, 0.3) is 5.82 Å². The molecule has 4 aromatic rings. The summed E-state index contributed by atoms with van der Waals surface area (Å²) in [5.74, 6) is 1.39. The average molecular weight is 402 g/mol. The molecule has 8 nitrogen and oxygen atoms in total. The number of H-pyrrole nitrogens is 3. The molecule has 1 radical (unpaired) electrons. The van der Waals surface area contributed by atoms with Crippen molar-refractivity contribution >= 4 is 0 Å². The van der Waals surface area contributed by atoms with Gasteiger partial charge in [0, 0.05) is 36.5 Å². The first-order chi connectivity index (χ1) is 11.8. The van der Waals surface area contributed by atoms with Crippen molar-refractivity contribution in [2.24, 2.45) is 0 Å². The molecule has 0 saturated carbocycles. The number of nitrogens with one attached hydrogen (secondary N) is 3. The summed E-state index contributed by atoms with van der Waals surface area (Å²) in [5.41, 5.74) is 1.28. The summed E-state index contributed by atoms with van der Waals surface area (Å²) in [6, 6.07) is 13.7. The molecule has 27 heavy (non-hydrogen) atoms. The summed E-state index contributed by atoms with van der Waals surface area (Å²) in [6.07, 6.45) is 6.83. The van der Waals surface area contributed by atoms with E-state index in [1.807, 2.05) is 12.1 Å². The minimum Gasteiger partial charge on any atom is -2.00 e. The van der Waals surface area contributed by atoms with Crippen molar-refractivity contribution < 1.29 is 44.7 Å². The quantitative estimate of drug-likeness (QED) is 0.520. The van der Waals surface area contributed by atoms with E-state index in [-0.39, 0.29) is 41.0 Å². The molecule has 0 amide bonds. The number of rotatable bonds is 2. The van der Waals surface area contributed by atoms with Gasteiger partial charge < -0.3 is 26.1 Å². The maximum absolute atomic E-state index is 11.3. The number of hydrogen-bond acceptors (Lipinski definition) is 3. The predicted octanol–water partition coefficient (Wildman–Crippen LogP) is 1.48. The van der Waals surface area contributed by atoms with Crippen LogP contribution in [0.2, 0.25) is 0 Å². The standard InChI is InChI=1S/2C9H8N2O.2O.V/c2*12-8-4-2-1-3-7(8)9-10-5-6-11-9;;;/h2*1-6,12H,(H,10,11);;;/q;;2*-2;/p-1. The fourth-order valence-electron chi connectivity index (χ4n) is 2.20. The molecule has 0 aliphatic rings. The Kier molecular flexibility index (Phi) is 10.3. The Morgan fingerprint density at radius 3 is 1.85 bits per heavy atom. The minimum atomic E-state index is -0.00699. The summed E-state index contributed by atoms with van der Waals surface area (Å²) >= 11 is 0. The average Bonchev–Trinajstić information content (AvgIpc) is 3.30. The molecule has 0 fully saturated rings. The zero-order valence-corrected chi connectivity index (χ0v) is 15.4. The molecule has 9 heteroatoms. The first-order valence-corrected chi connectivity index (χ1v) is 7.33. The van der Waals surface area contributed by atoms with Crippen LogP contribution in [0.1, 0.15) is 0 Å². The van der Waals surface area contributed by atoms with Crippen LogP contribution < -0.4 is 15.2 Å². The Balaban J connectivity index is 0.000000451. The molecule has 4 rings (SSSR count). The van der Waals surface area contributed by atoms with Gasteiger partial charge in [-0.25, -0.2) is 15.0 Å². The van der Waals surface area contributed by atoms with Crippen molar-refractivity contribution in [1.29, 1.82) is 0 Å². The monoisotopic (exact) mass is 402 g/mol. The SMILES string of the molecule is [O-2].[O-2].[O-]c1ccccc1-c1[nH]cc[nH+]1.[O-]c1ccccc1-c1ncc[nH]1.[V]. The Morgan fingerprint density at radius 1 is 0.778 bits per heavy atom. The summed E-state index contributed by atoms with van der Waals surface area (Å²) in [4.78, 5) is 12.8. The largest absolute Gasteiger partial charge is 2.00 e. The maximum Gasteiger partial charge on any atom is 0.283 e. The second-order valence-corrected chi connectivity index (χ2v) is 4.93. The van der Waals surface area contributed by atoms with E-state index in [0.717, 1.165) is 5.82 Å². The van der Waals surface area contributed by atoms with Crippen LogP contribution in [0.25, 0.3) is 22.8 Å². The molecule has 0 atom stereocenters. The van der Waals surface area contributed by atoms with Gasteiger partial charge in [-0.15, -0.1) is 0 Å². The summed E-state index contributed by atoms with van der Waals surface area (Å²) in [6.45, 7) is 0. The van der Waals surface area contributed by atoms with Crippen LogP contribution in [-0.4, -0.2) is 15.0 Å². The molecule has 2 heterocycles. The molecule has 0 aliphatic carbocycles. The fourth-order valence-corrected chi connectivity index (χ4v) is 2.20. The first-order valence-electron chi connectivity index (χ1n) is 7.33. The van der Waals surface area contributed by atoms with Gasteiger partial charge in [-0.1, -0.05) is 54.0 Å². The predicted molar refractivity (Wildman–Crippen MR) is 87.1 cm³/mol. The number of benzene rings is 2. The van der Waals surface area contributed by atoms with Gasteiger partial charge in [0.15, 0.2) is 0 Å². The molecule has 0 bridgehead atoms. The Morgan fingerprint density at radius 2 is 1.37 bits per heavy atom. The van der Waals surface area contributed by atoms with Gasteiger partial charge in [-0.2, -0.15) is 0 Å².